The molecule has 5 rings (SSSR count). The summed E-state index contributed by atoms with van der Waals surface area (Å²) in [7, 11) is 0. The molecule has 1 aromatic rings. The second kappa shape index (κ2) is 5.88. The van der Waals surface area contributed by atoms with Gasteiger partial charge in [0.1, 0.15) is 0 Å². The maximum atomic E-state index is 11.6. The third-order valence-corrected chi connectivity index (χ3v) is 10.1. The molecule has 4 aliphatic carbocycles. The topological polar surface area (TPSA) is 53.6 Å². The highest BCUT2D eigenvalue weighted by molar-refractivity contribution is 5.41. The van der Waals surface area contributed by atoms with Gasteiger partial charge in [-0.1, -0.05) is 58.4 Å². The van der Waals surface area contributed by atoms with Crippen LogP contribution in [0.2, 0.25) is 0 Å². The molecule has 0 saturated heterocycles. The largest absolute Gasteiger partial charge is 0.472 e. The highest BCUT2D eigenvalue weighted by Crippen LogP contribution is 2.72. The Morgan fingerprint density at radius 1 is 1.07 bits per heavy atom. The molecule has 2 N–H and O–H groups in total. The molecule has 0 spiro atoms. The van der Waals surface area contributed by atoms with Crippen molar-refractivity contribution in [1.29, 1.82) is 0 Å². The summed E-state index contributed by atoms with van der Waals surface area (Å²) < 4.78 is 5.42. The van der Waals surface area contributed by atoms with Gasteiger partial charge in [0, 0.05) is 5.41 Å². The lowest BCUT2D eigenvalue weighted by molar-refractivity contribution is -0.169. The van der Waals surface area contributed by atoms with Crippen molar-refractivity contribution in [3.8, 4) is 0 Å². The lowest BCUT2D eigenvalue weighted by Gasteiger charge is -2.67. The number of aliphatic hydroxyl groups excluding tert-OH is 2. The summed E-state index contributed by atoms with van der Waals surface area (Å²) in [6.07, 6.45) is 13.7. The number of allylic oxidation sites excluding steroid dienone is 2. The Hall–Kier alpha value is -1.32. The van der Waals surface area contributed by atoms with Gasteiger partial charge in [0.05, 0.1) is 24.7 Å². The summed E-state index contributed by atoms with van der Waals surface area (Å²) in [5, 5.41) is 22.3. The normalized spacial score (nSPS) is 50.4. The third-order valence-electron chi connectivity index (χ3n) is 10.1. The maximum Gasteiger partial charge on any atom is 0.0937 e. The first kappa shape index (κ1) is 19.6. The van der Waals surface area contributed by atoms with Crippen molar-refractivity contribution in [2.75, 3.05) is 0 Å². The van der Waals surface area contributed by atoms with Gasteiger partial charge in [0.2, 0.25) is 0 Å². The monoisotopic (exact) mass is 396 g/mol. The summed E-state index contributed by atoms with van der Waals surface area (Å²) in [6, 6.07) is 2.11. The molecule has 0 bridgehead atoms. The van der Waals surface area contributed by atoms with Gasteiger partial charge < -0.3 is 14.6 Å². The molecule has 3 nitrogen and oxygen atoms in total. The third kappa shape index (κ3) is 2.27. The van der Waals surface area contributed by atoms with Crippen LogP contribution in [0.3, 0.4) is 0 Å². The zero-order chi connectivity index (χ0) is 20.8. The van der Waals surface area contributed by atoms with E-state index >= 15 is 0 Å². The van der Waals surface area contributed by atoms with Crippen molar-refractivity contribution in [1.82, 2.24) is 0 Å². The zero-order valence-electron chi connectivity index (χ0n) is 18.5. The van der Waals surface area contributed by atoms with E-state index < -0.39 is 6.10 Å². The lowest BCUT2D eigenvalue weighted by atomic mass is 9.38. The minimum atomic E-state index is -0.442. The van der Waals surface area contributed by atoms with Crippen molar-refractivity contribution < 1.29 is 14.6 Å². The van der Waals surface area contributed by atoms with E-state index in [1.165, 1.54) is 11.1 Å². The lowest BCUT2D eigenvalue weighted by Crippen LogP contribution is -2.64. The smallest absolute Gasteiger partial charge is 0.0937 e. The Kier molecular flexibility index (Phi) is 3.98. The van der Waals surface area contributed by atoms with E-state index in [9.17, 15) is 10.2 Å². The summed E-state index contributed by atoms with van der Waals surface area (Å²) in [6.45, 7) is 11.5. The van der Waals surface area contributed by atoms with E-state index in [0.29, 0.717) is 11.8 Å². The number of furan rings is 1. The van der Waals surface area contributed by atoms with E-state index in [2.05, 4.69) is 52.8 Å². The average molecular weight is 397 g/mol. The van der Waals surface area contributed by atoms with Crippen molar-refractivity contribution in [2.24, 2.45) is 33.5 Å². The van der Waals surface area contributed by atoms with Crippen LogP contribution in [0.4, 0.5) is 0 Å². The highest BCUT2D eigenvalue weighted by Gasteiger charge is 2.67. The number of hydrogen-bond donors (Lipinski definition) is 2. The van der Waals surface area contributed by atoms with Gasteiger partial charge in [-0.15, -0.1) is 0 Å². The fraction of sp³-hybridized carbons (Fsp3) is 0.692. The van der Waals surface area contributed by atoms with E-state index in [1.54, 1.807) is 6.26 Å². The molecule has 2 fully saturated rings. The molecular formula is C26H36O3. The Balaban J connectivity index is 1.60. The molecule has 3 unspecified atom stereocenters. The SMILES string of the molecule is CC1(C)C(O)C=C[C@@]2(C)C1C[C@@H](O)[C@@]1(C)C3=CC[C@@H](c4ccoc4)[C@]3(C)CCC21. The molecule has 3 heteroatoms. The Labute approximate surface area is 174 Å². The maximum absolute atomic E-state index is 11.6. The zero-order valence-corrected chi connectivity index (χ0v) is 18.5. The predicted octanol–water partition coefficient (Wildman–Crippen LogP) is 5.46. The first-order valence-corrected chi connectivity index (χ1v) is 11.3. The molecule has 0 aromatic carbocycles. The van der Waals surface area contributed by atoms with Gasteiger partial charge in [-0.3, -0.25) is 0 Å². The Morgan fingerprint density at radius 2 is 1.83 bits per heavy atom. The Morgan fingerprint density at radius 3 is 2.52 bits per heavy atom. The van der Waals surface area contributed by atoms with Crippen molar-refractivity contribution in [3.05, 3.63) is 48.0 Å². The molecule has 0 aliphatic heterocycles. The molecule has 1 heterocycles. The highest BCUT2D eigenvalue weighted by atomic mass is 16.3. The minimum absolute atomic E-state index is 0.00733. The van der Waals surface area contributed by atoms with Gasteiger partial charge in [0.25, 0.3) is 0 Å². The second-order valence-electron chi connectivity index (χ2n) is 11.5. The van der Waals surface area contributed by atoms with E-state index in [0.717, 1.165) is 25.7 Å². The number of rotatable bonds is 1. The van der Waals surface area contributed by atoms with Crippen LogP contribution in [0.15, 0.2) is 46.8 Å². The van der Waals surface area contributed by atoms with E-state index in [1.807, 2.05) is 12.3 Å². The van der Waals surface area contributed by atoms with Crippen LogP contribution < -0.4 is 0 Å². The van der Waals surface area contributed by atoms with E-state index in [-0.39, 0.29) is 33.7 Å². The minimum Gasteiger partial charge on any atom is -0.472 e. The van der Waals surface area contributed by atoms with Gasteiger partial charge in [-0.05, 0) is 71.3 Å². The molecule has 158 valence electrons. The number of hydrogen-bond acceptors (Lipinski definition) is 3. The molecule has 0 amide bonds. The van der Waals surface area contributed by atoms with Crippen LogP contribution >= 0.6 is 0 Å². The molecular weight excluding hydrogens is 360 g/mol. The second-order valence-corrected chi connectivity index (χ2v) is 11.5. The van der Waals surface area contributed by atoms with Gasteiger partial charge in [-0.25, -0.2) is 0 Å². The van der Waals surface area contributed by atoms with Crippen LogP contribution in [0, 0.1) is 33.5 Å². The van der Waals surface area contributed by atoms with Crippen molar-refractivity contribution >= 4 is 0 Å². The fourth-order valence-electron chi connectivity index (χ4n) is 8.39. The van der Waals surface area contributed by atoms with Gasteiger partial charge in [-0.2, -0.15) is 0 Å². The summed E-state index contributed by atoms with van der Waals surface area (Å²) in [5.41, 5.74) is 2.38. The van der Waals surface area contributed by atoms with Crippen LogP contribution in [-0.2, 0) is 0 Å². The molecule has 29 heavy (non-hydrogen) atoms. The van der Waals surface area contributed by atoms with Crippen LogP contribution in [0.1, 0.15) is 71.8 Å². The summed E-state index contributed by atoms with van der Waals surface area (Å²) >= 11 is 0. The van der Waals surface area contributed by atoms with Crippen LogP contribution in [0.5, 0.6) is 0 Å². The summed E-state index contributed by atoms with van der Waals surface area (Å²) in [5.74, 6) is 1.10. The first-order valence-electron chi connectivity index (χ1n) is 11.3. The molecule has 0 radical (unpaired) electrons. The average Bonchev–Trinajstić information content (AvgIpc) is 3.29. The van der Waals surface area contributed by atoms with Gasteiger partial charge in [0.15, 0.2) is 0 Å². The molecule has 1 aromatic heterocycles. The number of aliphatic hydroxyl groups is 2. The van der Waals surface area contributed by atoms with Gasteiger partial charge >= 0.3 is 0 Å². The van der Waals surface area contributed by atoms with E-state index in [4.69, 9.17) is 4.42 Å². The molecule has 2 saturated carbocycles. The fourth-order valence-corrected chi connectivity index (χ4v) is 8.39. The predicted molar refractivity (Wildman–Crippen MR) is 114 cm³/mol. The summed E-state index contributed by atoms with van der Waals surface area (Å²) in [4.78, 5) is 0. The quantitative estimate of drug-likeness (QED) is 0.620. The number of fused-ring (bicyclic) bond motifs is 5. The Bertz CT molecular complexity index is 865. The molecule has 8 atom stereocenters. The first-order chi connectivity index (χ1) is 13.6. The van der Waals surface area contributed by atoms with Crippen molar-refractivity contribution in [2.45, 2.75) is 78.4 Å². The standard InChI is InChI=1S/C26H36O3/c1-23(2)20-14-22(28)26(5)18-7-6-17(16-10-13-29-15-16)24(18,3)11-8-19(26)25(20,4)12-9-21(23)27/h7,9-10,12-13,15,17,19-22,27-28H,6,8,11,14H2,1-5H3/t17-,19?,20?,21?,22+,24-,25+,26-/m0/s1. The van der Waals surface area contributed by atoms with Crippen LogP contribution in [0.25, 0.3) is 0 Å². The molecule has 4 aliphatic rings. The van der Waals surface area contributed by atoms with Crippen LogP contribution in [-0.4, -0.2) is 22.4 Å². The van der Waals surface area contributed by atoms with Crippen molar-refractivity contribution in [3.63, 3.8) is 0 Å².